The number of anilines is 1. The number of nitrogens with two attached hydrogens (primary N) is 1. The molecule has 0 spiro atoms. The fourth-order valence-electron chi connectivity index (χ4n) is 2.13. The van der Waals surface area contributed by atoms with Crippen molar-refractivity contribution < 1.29 is 8.42 Å². The maximum atomic E-state index is 12.3. The van der Waals surface area contributed by atoms with E-state index in [-0.39, 0.29) is 0 Å². The Morgan fingerprint density at radius 2 is 1.95 bits per heavy atom. The fraction of sp³-hybridized carbons (Fsp3) is 0.500. The molecule has 0 bridgehead atoms. The van der Waals surface area contributed by atoms with Gasteiger partial charge in [-0.05, 0) is 60.0 Å². The standard InChI is InChI=1S/C12H18IN3O2S/c13-11-3-1-2-4-12(11)15-19(17,18)16-7-5-10(9-14)6-8-16/h1-4,10,15H,5-9,14H2. The Morgan fingerprint density at radius 1 is 1.32 bits per heavy atom. The van der Waals surface area contributed by atoms with Crippen LogP contribution in [-0.4, -0.2) is 32.4 Å². The van der Waals surface area contributed by atoms with Crippen molar-refractivity contribution in [2.45, 2.75) is 12.8 Å². The number of piperidine rings is 1. The Labute approximate surface area is 127 Å². The van der Waals surface area contributed by atoms with Gasteiger partial charge < -0.3 is 5.73 Å². The van der Waals surface area contributed by atoms with Crippen LogP contribution in [0.3, 0.4) is 0 Å². The van der Waals surface area contributed by atoms with E-state index in [0.29, 0.717) is 31.2 Å². The second-order valence-corrected chi connectivity index (χ2v) is 7.50. The summed E-state index contributed by atoms with van der Waals surface area (Å²) < 4.78 is 29.6. The number of hydrogen-bond acceptors (Lipinski definition) is 3. The van der Waals surface area contributed by atoms with Gasteiger partial charge in [-0.1, -0.05) is 12.1 Å². The molecule has 1 saturated heterocycles. The first kappa shape index (κ1) is 15.0. The third-order valence-electron chi connectivity index (χ3n) is 3.36. The summed E-state index contributed by atoms with van der Waals surface area (Å²) in [7, 11) is -3.45. The number of hydrogen-bond donors (Lipinski definition) is 2. The molecule has 1 aromatic rings. The van der Waals surface area contributed by atoms with Gasteiger partial charge in [0.15, 0.2) is 0 Å². The molecule has 0 aromatic heterocycles. The zero-order chi connectivity index (χ0) is 13.9. The van der Waals surface area contributed by atoms with E-state index < -0.39 is 10.2 Å². The van der Waals surface area contributed by atoms with Crippen molar-refractivity contribution in [3.8, 4) is 0 Å². The molecular formula is C12H18IN3O2S. The lowest BCUT2D eigenvalue weighted by Gasteiger charge is -2.30. The van der Waals surface area contributed by atoms with Crippen molar-refractivity contribution in [1.29, 1.82) is 0 Å². The second kappa shape index (κ2) is 6.38. The topological polar surface area (TPSA) is 75.4 Å². The number of halogens is 1. The first-order valence-corrected chi connectivity index (χ1v) is 8.77. The van der Waals surface area contributed by atoms with E-state index >= 15 is 0 Å². The molecule has 7 heteroatoms. The van der Waals surface area contributed by atoms with Crippen molar-refractivity contribution in [2.75, 3.05) is 24.4 Å². The van der Waals surface area contributed by atoms with Crippen LogP contribution in [0, 0.1) is 9.49 Å². The third-order valence-corrected chi connectivity index (χ3v) is 5.82. The highest BCUT2D eigenvalue weighted by Crippen LogP contribution is 2.22. The molecular weight excluding hydrogens is 377 g/mol. The smallest absolute Gasteiger partial charge is 0.301 e. The summed E-state index contributed by atoms with van der Waals surface area (Å²) in [5, 5.41) is 0. The Bertz CT molecular complexity index is 528. The van der Waals surface area contributed by atoms with Crippen LogP contribution >= 0.6 is 22.6 Å². The summed E-state index contributed by atoms with van der Waals surface area (Å²) in [6.07, 6.45) is 1.67. The lowest BCUT2D eigenvalue weighted by atomic mass is 9.99. The molecule has 0 radical (unpaired) electrons. The molecule has 2 rings (SSSR count). The minimum Gasteiger partial charge on any atom is -0.330 e. The predicted molar refractivity (Wildman–Crippen MR) is 85.1 cm³/mol. The quantitative estimate of drug-likeness (QED) is 0.761. The van der Waals surface area contributed by atoms with Crippen LogP contribution in [0.1, 0.15) is 12.8 Å². The molecule has 19 heavy (non-hydrogen) atoms. The fourth-order valence-corrected chi connectivity index (χ4v) is 4.11. The van der Waals surface area contributed by atoms with E-state index in [0.717, 1.165) is 16.4 Å². The molecule has 1 heterocycles. The van der Waals surface area contributed by atoms with Crippen LogP contribution in [0.25, 0.3) is 0 Å². The molecule has 1 fully saturated rings. The zero-order valence-corrected chi connectivity index (χ0v) is 13.5. The first-order chi connectivity index (χ1) is 9.03. The second-order valence-electron chi connectivity index (χ2n) is 4.67. The SMILES string of the molecule is NCC1CCN(S(=O)(=O)Nc2ccccc2I)CC1. The first-order valence-electron chi connectivity index (χ1n) is 6.25. The Morgan fingerprint density at radius 3 is 2.53 bits per heavy atom. The Kier molecular flexibility index (Phi) is 5.04. The number of nitrogens with one attached hydrogen (secondary N) is 1. The van der Waals surface area contributed by atoms with Crippen LogP contribution in [0.2, 0.25) is 0 Å². The zero-order valence-electron chi connectivity index (χ0n) is 10.5. The summed E-state index contributed by atoms with van der Waals surface area (Å²) in [6, 6.07) is 7.35. The summed E-state index contributed by atoms with van der Waals surface area (Å²) in [6.45, 7) is 1.72. The molecule has 0 amide bonds. The number of rotatable bonds is 4. The van der Waals surface area contributed by atoms with Gasteiger partial charge in [-0.3, -0.25) is 4.72 Å². The van der Waals surface area contributed by atoms with Gasteiger partial charge in [0.2, 0.25) is 0 Å². The molecule has 106 valence electrons. The predicted octanol–water partition coefficient (Wildman–Crippen LogP) is 1.62. The van der Waals surface area contributed by atoms with Gasteiger partial charge in [-0.25, -0.2) is 0 Å². The Hall–Kier alpha value is -0.380. The summed E-state index contributed by atoms with van der Waals surface area (Å²) in [5.41, 5.74) is 6.25. The maximum Gasteiger partial charge on any atom is 0.301 e. The van der Waals surface area contributed by atoms with Crippen molar-refractivity contribution in [2.24, 2.45) is 11.7 Å². The maximum absolute atomic E-state index is 12.3. The van der Waals surface area contributed by atoms with E-state index in [1.54, 1.807) is 6.07 Å². The summed E-state index contributed by atoms with van der Waals surface area (Å²) in [5.74, 6) is 0.448. The molecule has 1 aliphatic heterocycles. The largest absolute Gasteiger partial charge is 0.330 e. The molecule has 1 aliphatic rings. The highest BCUT2D eigenvalue weighted by atomic mass is 127. The molecule has 0 atom stereocenters. The third kappa shape index (κ3) is 3.80. The average molecular weight is 395 g/mol. The molecule has 5 nitrogen and oxygen atoms in total. The number of para-hydroxylation sites is 1. The van der Waals surface area contributed by atoms with Gasteiger partial charge in [0.25, 0.3) is 0 Å². The van der Waals surface area contributed by atoms with E-state index in [1.807, 2.05) is 18.2 Å². The lowest BCUT2D eigenvalue weighted by Crippen LogP contribution is -2.42. The molecule has 1 aromatic carbocycles. The van der Waals surface area contributed by atoms with Gasteiger partial charge in [-0.2, -0.15) is 12.7 Å². The van der Waals surface area contributed by atoms with Crippen molar-refractivity contribution in [3.63, 3.8) is 0 Å². The minimum absolute atomic E-state index is 0.448. The van der Waals surface area contributed by atoms with E-state index in [9.17, 15) is 8.42 Å². The van der Waals surface area contributed by atoms with Gasteiger partial charge in [-0.15, -0.1) is 0 Å². The van der Waals surface area contributed by atoms with Crippen LogP contribution in [0.4, 0.5) is 5.69 Å². The van der Waals surface area contributed by atoms with Crippen molar-refractivity contribution in [1.82, 2.24) is 4.31 Å². The normalized spacial score (nSPS) is 18.4. The average Bonchev–Trinajstić information content (AvgIpc) is 2.41. The van der Waals surface area contributed by atoms with E-state index in [4.69, 9.17) is 5.73 Å². The highest BCUT2D eigenvalue weighted by Gasteiger charge is 2.27. The van der Waals surface area contributed by atoms with Gasteiger partial charge in [0, 0.05) is 16.7 Å². The van der Waals surface area contributed by atoms with Gasteiger partial charge >= 0.3 is 10.2 Å². The van der Waals surface area contributed by atoms with Crippen molar-refractivity contribution >= 4 is 38.5 Å². The molecule has 0 unspecified atom stereocenters. The van der Waals surface area contributed by atoms with Gasteiger partial charge in [0.1, 0.15) is 0 Å². The molecule has 3 N–H and O–H groups in total. The van der Waals surface area contributed by atoms with E-state index in [2.05, 4.69) is 27.3 Å². The number of benzene rings is 1. The minimum atomic E-state index is -3.45. The van der Waals surface area contributed by atoms with Crippen LogP contribution < -0.4 is 10.5 Å². The summed E-state index contributed by atoms with van der Waals surface area (Å²) >= 11 is 2.12. The van der Waals surface area contributed by atoms with E-state index in [1.165, 1.54) is 4.31 Å². The van der Waals surface area contributed by atoms with Crippen molar-refractivity contribution in [3.05, 3.63) is 27.8 Å². The summed E-state index contributed by atoms with van der Waals surface area (Å²) in [4.78, 5) is 0. The molecule has 0 aliphatic carbocycles. The van der Waals surface area contributed by atoms with Crippen LogP contribution in [-0.2, 0) is 10.2 Å². The van der Waals surface area contributed by atoms with Crippen LogP contribution in [0.15, 0.2) is 24.3 Å². The monoisotopic (exact) mass is 395 g/mol. The number of nitrogens with zero attached hydrogens (tertiary/aromatic N) is 1. The highest BCUT2D eigenvalue weighted by molar-refractivity contribution is 14.1. The lowest BCUT2D eigenvalue weighted by molar-refractivity contribution is 0.280. The molecule has 0 saturated carbocycles. The van der Waals surface area contributed by atoms with Crippen LogP contribution in [0.5, 0.6) is 0 Å². The van der Waals surface area contributed by atoms with Gasteiger partial charge in [0.05, 0.1) is 5.69 Å². The Balaban J connectivity index is 2.05.